The first-order valence-electron chi connectivity index (χ1n) is 20.8. The minimum absolute atomic E-state index is 0.0858. The Morgan fingerprint density at radius 3 is 2.28 bits per heavy atom. The van der Waals surface area contributed by atoms with E-state index in [-0.39, 0.29) is 17.7 Å². The lowest BCUT2D eigenvalue weighted by molar-refractivity contribution is -0.114. The maximum atomic E-state index is 12.7. The Kier molecular flexibility index (Phi) is 13.3. The number of hydrogen-bond acceptors (Lipinski definition) is 8. The van der Waals surface area contributed by atoms with Crippen LogP contribution in [0.1, 0.15) is 72.8 Å². The molecule has 4 aliphatic rings. The molecule has 3 aliphatic heterocycles. The summed E-state index contributed by atoms with van der Waals surface area (Å²) in [5, 5.41) is 13.3. The van der Waals surface area contributed by atoms with Crippen LogP contribution in [0.2, 0.25) is 5.02 Å². The normalized spacial score (nSPS) is 17.6. The number of morpholine rings is 1. The van der Waals surface area contributed by atoms with Gasteiger partial charge < -0.3 is 30.2 Å². The fraction of sp³-hybridized carbons (Fsp3) is 0.286. The van der Waals surface area contributed by atoms with E-state index in [9.17, 15) is 14.4 Å². The van der Waals surface area contributed by atoms with Crippen molar-refractivity contribution in [2.24, 2.45) is 0 Å². The summed E-state index contributed by atoms with van der Waals surface area (Å²) in [6, 6.07) is 25.2. The van der Waals surface area contributed by atoms with Crippen molar-refractivity contribution in [3.05, 3.63) is 122 Å². The molecule has 0 unspecified atom stereocenters. The predicted molar refractivity (Wildman–Crippen MR) is 247 cm³/mol. The van der Waals surface area contributed by atoms with Crippen LogP contribution in [-0.4, -0.2) is 69.2 Å². The van der Waals surface area contributed by atoms with Gasteiger partial charge in [-0.3, -0.25) is 19.3 Å². The second-order valence-corrected chi connectivity index (χ2v) is 16.8. The van der Waals surface area contributed by atoms with Crippen molar-refractivity contribution in [2.45, 2.75) is 44.9 Å². The molecular formula is C49H49ClN4O6S. The van der Waals surface area contributed by atoms with E-state index in [4.69, 9.17) is 25.8 Å². The van der Waals surface area contributed by atoms with E-state index >= 15 is 0 Å². The third kappa shape index (κ3) is 10.1. The van der Waals surface area contributed by atoms with Crippen LogP contribution in [0.4, 0.5) is 17.1 Å². The molecule has 1 aliphatic carbocycles. The number of fused-ring (bicyclic) bond motifs is 2. The Labute approximate surface area is 365 Å². The predicted octanol–water partition coefficient (Wildman–Crippen LogP) is 10.5. The summed E-state index contributed by atoms with van der Waals surface area (Å²) in [7, 11) is 1.72. The smallest absolute Gasteiger partial charge is 0.256 e. The lowest BCUT2D eigenvalue weighted by Gasteiger charge is -2.26. The molecule has 314 valence electrons. The highest BCUT2D eigenvalue weighted by molar-refractivity contribution is 7.08. The molecule has 5 aromatic rings. The van der Waals surface area contributed by atoms with Gasteiger partial charge in [0.1, 0.15) is 18.1 Å². The second kappa shape index (κ2) is 19.3. The molecule has 3 N–H and O–H groups in total. The number of thiophene rings is 1. The Balaban J connectivity index is 0.000000176. The Morgan fingerprint density at radius 1 is 0.836 bits per heavy atom. The summed E-state index contributed by atoms with van der Waals surface area (Å²) >= 11 is 7.76. The molecule has 61 heavy (non-hydrogen) atoms. The molecule has 0 bridgehead atoms. The van der Waals surface area contributed by atoms with Gasteiger partial charge in [0.05, 0.1) is 26.0 Å². The van der Waals surface area contributed by atoms with Crippen LogP contribution in [0.3, 0.4) is 0 Å². The van der Waals surface area contributed by atoms with Crippen LogP contribution < -0.4 is 25.4 Å². The topological polar surface area (TPSA) is 118 Å². The van der Waals surface area contributed by atoms with Gasteiger partial charge in [0.25, 0.3) is 11.8 Å². The van der Waals surface area contributed by atoms with Crippen LogP contribution in [-0.2, 0) is 19.1 Å². The second-order valence-electron chi connectivity index (χ2n) is 15.6. The van der Waals surface area contributed by atoms with Gasteiger partial charge in [-0.2, -0.15) is 11.3 Å². The molecule has 0 spiro atoms. The quantitative estimate of drug-likeness (QED) is 0.120. The average Bonchev–Trinajstić information content (AvgIpc) is 3.99. The van der Waals surface area contributed by atoms with Gasteiger partial charge in [0, 0.05) is 70.8 Å². The van der Waals surface area contributed by atoms with Crippen LogP contribution in [0.5, 0.6) is 11.5 Å². The molecule has 1 saturated heterocycles. The van der Waals surface area contributed by atoms with Gasteiger partial charge >= 0.3 is 0 Å². The standard InChI is InChI=1S/C27H27N3O4S.C22H22ClNO2/c1-18(31)28-21-3-4-22-24(27(32)29-25(22)16-21)15-19-2-5-26(23(14-19)20-6-13-35-17-20)34-12-9-30-7-10-33-11-8-30;1-26-21-10-7-14(11-17(21)15-5-3-2-4-6-15)12-19-18-13-16(23)8-9-20(18)24-22(19)25/h2-6,13-17H,7-12H2,1H3,(H,28,31)(H,29,32);7-13,15H,2-6H2,1H3,(H,24,25)/b24-15-;19-12+. The molecule has 4 aromatic carbocycles. The summed E-state index contributed by atoms with van der Waals surface area (Å²) < 4.78 is 17.2. The van der Waals surface area contributed by atoms with E-state index in [1.807, 2.05) is 60.0 Å². The number of nitrogens with one attached hydrogen (secondary N) is 3. The zero-order chi connectivity index (χ0) is 42.3. The van der Waals surface area contributed by atoms with E-state index in [1.165, 1.54) is 44.6 Å². The molecule has 3 amide bonds. The van der Waals surface area contributed by atoms with Crippen molar-refractivity contribution in [2.75, 3.05) is 62.5 Å². The van der Waals surface area contributed by atoms with Gasteiger partial charge in [0.15, 0.2) is 0 Å². The highest BCUT2D eigenvalue weighted by atomic mass is 35.5. The molecule has 10 nitrogen and oxygen atoms in total. The molecule has 4 heterocycles. The molecule has 12 heteroatoms. The van der Waals surface area contributed by atoms with Crippen molar-refractivity contribution >= 4 is 81.0 Å². The van der Waals surface area contributed by atoms with Crippen LogP contribution in [0, 0.1) is 0 Å². The SMILES string of the molecule is CC(=O)Nc1ccc2c(c1)NC(=O)/C2=C\c1ccc(OCCN2CCOCC2)c(-c2ccsc2)c1.COc1ccc(/C=C2/C(=O)Nc3ccc(Cl)cc32)cc1C1CCCCC1. The van der Waals surface area contributed by atoms with Crippen molar-refractivity contribution in [1.82, 2.24) is 4.90 Å². The number of methoxy groups -OCH3 is 1. The van der Waals surface area contributed by atoms with Gasteiger partial charge in [-0.15, -0.1) is 0 Å². The Morgan fingerprint density at radius 2 is 1.56 bits per heavy atom. The van der Waals surface area contributed by atoms with Crippen molar-refractivity contribution in [1.29, 1.82) is 0 Å². The van der Waals surface area contributed by atoms with Gasteiger partial charge in [0.2, 0.25) is 5.91 Å². The van der Waals surface area contributed by atoms with E-state index < -0.39 is 0 Å². The van der Waals surface area contributed by atoms with E-state index in [0.717, 1.165) is 83.4 Å². The summed E-state index contributed by atoms with van der Waals surface area (Å²) in [4.78, 5) is 38.9. The summed E-state index contributed by atoms with van der Waals surface area (Å²) in [5.41, 5.74) is 10.3. The summed E-state index contributed by atoms with van der Waals surface area (Å²) in [6.07, 6.45) is 10.1. The average molecular weight is 857 g/mol. The first kappa shape index (κ1) is 42.0. The zero-order valence-corrected chi connectivity index (χ0v) is 35.9. The largest absolute Gasteiger partial charge is 0.496 e. The monoisotopic (exact) mass is 856 g/mol. The third-order valence-electron chi connectivity index (χ3n) is 11.4. The highest BCUT2D eigenvalue weighted by Crippen LogP contribution is 2.41. The molecule has 0 atom stereocenters. The van der Waals surface area contributed by atoms with E-state index in [1.54, 1.807) is 36.6 Å². The maximum Gasteiger partial charge on any atom is 0.256 e. The van der Waals surface area contributed by atoms with Crippen molar-refractivity contribution < 1.29 is 28.6 Å². The number of benzene rings is 4. The number of nitrogens with zero attached hydrogens (tertiary/aromatic N) is 1. The van der Waals surface area contributed by atoms with Gasteiger partial charge in [-0.1, -0.05) is 49.1 Å². The number of ether oxygens (including phenoxy) is 3. The lowest BCUT2D eigenvalue weighted by atomic mass is 9.83. The van der Waals surface area contributed by atoms with Gasteiger partial charge in [-0.25, -0.2) is 0 Å². The third-order valence-corrected chi connectivity index (χ3v) is 12.3. The van der Waals surface area contributed by atoms with Crippen molar-refractivity contribution in [3.63, 3.8) is 0 Å². The lowest BCUT2D eigenvalue weighted by Crippen LogP contribution is -2.38. The minimum atomic E-state index is -0.164. The first-order valence-corrected chi connectivity index (χ1v) is 22.1. The molecule has 2 fully saturated rings. The van der Waals surface area contributed by atoms with E-state index in [2.05, 4.69) is 44.4 Å². The number of carbonyl (C=O) groups excluding carboxylic acids is 3. The number of rotatable bonds is 10. The number of amides is 3. The van der Waals surface area contributed by atoms with Crippen LogP contribution in [0.15, 0.2) is 89.6 Å². The Bertz CT molecular complexity index is 2490. The summed E-state index contributed by atoms with van der Waals surface area (Å²) in [5.74, 6) is 1.91. The number of halogens is 1. The van der Waals surface area contributed by atoms with Gasteiger partial charge in [-0.05, 0) is 125 Å². The maximum absolute atomic E-state index is 12.7. The number of anilines is 3. The molecular weight excluding hydrogens is 808 g/mol. The Hall–Kier alpha value is -5.72. The summed E-state index contributed by atoms with van der Waals surface area (Å²) in [6.45, 7) is 6.33. The van der Waals surface area contributed by atoms with Crippen LogP contribution >= 0.6 is 22.9 Å². The number of carbonyl (C=O) groups is 3. The molecule has 0 radical (unpaired) electrons. The number of hydrogen-bond donors (Lipinski definition) is 3. The molecule has 9 rings (SSSR count). The first-order chi connectivity index (χ1) is 29.7. The van der Waals surface area contributed by atoms with Crippen LogP contribution in [0.25, 0.3) is 34.4 Å². The zero-order valence-electron chi connectivity index (χ0n) is 34.4. The highest BCUT2D eigenvalue weighted by Gasteiger charge is 2.26. The fourth-order valence-corrected chi connectivity index (χ4v) is 9.17. The molecule has 1 aromatic heterocycles. The minimum Gasteiger partial charge on any atom is -0.496 e. The molecule has 1 saturated carbocycles. The fourth-order valence-electron chi connectivity index (χ4n) is 8.35. The van der Waals surface area contributed by atoms with E-state index in [0.29, 0.717) is 40.1 Å². The van der Waals surface area contributed by atoms with Crippen molar-refractivity contribution in [3.8, 4) is 22.6 Å².